The van der Waals surface area contributed by atoms with Crippen molar-refractivity contribution in [1.29, 1.82) is 0 Å². The topological polar surface area (TPSA) is 57.5 Å². The lowest BCUT2D eigenvalue weighted by molar-refractivity contribution is -0.111. The molecule has 5 heteroatoms. The van der Waals surface area contributed by atoms with Gasteiger partial charge in [-0.3, -0.25) is 4.79 Å². The molecule has 1 aliphatic carbocycles. The summed E-state index contributed by atoms with van der Waals surface area (Å²) in [4.78, 5) is 11.2. The molecule has 3 nitrogen and oxygen atoms in total. The third-order valence-electron chi connectivity index (χ3n) is 1.74. The maximum Gasteiger partial charge on any atom is 0.176 e. The first kappa shape index (κ1) is 9.59. The summed E-state index contributed by atoms with van der Waals surface area (Å²) in [5.74, 6) is -0.239. The Kier molecular flexibility index (Phi) is 2.78. The van der Waals surface area contributed by atoms with Gasteiger partial charge in [-0.25, -0.2) is 0 Å². The van der Waals surface area contributed by atoms with E-state index in [1.807, 2.05) is 0 Å². The van der Waals surface area contributed by atoms with E-state index in [1.165, 1.54) is 0 Å². The van der Waals surface area contributed by atoms with Crippen LogP contribution in [0.5, 0.6) is 0 Å². The first-order valence-electron chi connectivity index (χ1n) is 3.29. The van der Waals surface area contributed by atoms with Crippen LogP contribution in [0, 0.1) is 0 Å². The van der Waals surface area contributed by atoms with E-state index in [-0.39, 0.29) is 19.0 Å². The molecule has 2 N–H and O–H groups in total. The van der Waals surface area contributed by atoms with Crippen molar-refractivity contribution in [3.05, 3.63) is 21.5 Å². The maximum absolute atomic E-state index is 11.2. The summed E-state index contributed by atoms with van der Waals surface area (Å²) in [5.41, 5.74) is 0.897. The minimum Gasteiger partial charge on any atom is -0.392 e. The molecule has 0 bridgehead atoms. The van der Waals surface area contributed by atoms with Gasteiger partial charge < -0.3 is 10.2 Å². The van der Waals surface area contributed by atoms with E-state index in [0.717, 1.165) is 0 Å². The molecule has 0 aromatic rings. The molecule has 0 heterocycles. The van der Waals surface area contributed by atoms with Crippen LogP contribution in [0.25, 0.3) is 0 Å². The van der Waals surface area contributed by atoms with Crippen molar-refractivity contribution < 1.29 is 15.0 Å². The van der Waals surface area contributed by atoms with Crippen LogP contribution in [0.2, 0.25) is 0 Å². The molecule has 0 fully saturated rings. The Morgan fingerprint density at radius 1 is 1.00 bits per heavy atom. The highest BCUT2D eigenvalue weighted by molar-refractivity contribution is 6.52. The summed E-state index contributed by atoms with van der Waals surface area (Å²) in [6.45, 7) is -0.511. The summed E-state index contributed by atoms with van der Waals surface area (Å²) in [7, 11) is 6.18. The van der Waals surface area contributed by atoms with Crippen LogP contribution in [0.3, 0.4) is 0 Å². The van der Waals surface area contributed by atoms with Crippen molar-refractivity contribution in [1.82, 2.24) is 0 Å². The van der Waals surface area contributed by atoms with Gasteiger partial charge >= 0.3 is 0 Å². The zero-order valence-corrected chi connectivity index (χ0v) is 8.22. The average Bonchev–Trinajstić information content (AvgIpc) is 2.29. The van der Waals surface area contributed by atoms with E-state index in [9.17, 15) is 4.79 Å². The van der Waals surface area contributed by atoms with Crippen molar-refractivity contribution in [3.63, 3.8) is 0 Å². The van der Waals surface area contributed by atoms with Crippen LogP contribution in [-0.4, -0.2) is 49.7 Å². The lowest BCUT2D eigenvalue weighted by Gasteiger charge is -2.02. The summed E-state index contributed by atoms with van der Waals surface area (Å²) in [6.07, 6.45) is 0. The molecule has 0 unspecified atom stereocenters. The van der Waals surface area contributed by atoms with Gasteiger partial charge in [0.2, 0.25) is 0 Å². The number of aliphatic hydroxyl groups excluding tert-OH is 2. The molecular weight excluding hydrogens is 188 g/mol. The number of aliphatic hydroxyl groups is 2. The monoisotopic (exact) mass is 194 g/mol. The van der Waals surface area contributed by atoms with Crippen molar-refractivity contribution in [3.8, 4) is 0 Å². The first-order chi connectivity index (χ1) is 5.63. The van der Waals surface area contributed by atoms with Crippen LogP contribution in [0.15, 0.2) is 21.5 Å². The lowest BCUT2D eigenvalue weighted by Crippen LogP contribution is -2.02. The van der Waals surface area contributed by atoms with Gasteiger partial charge in [0.05, 0.1) is 33.7 Å². The Hall–Kier alpha value is -0.496. The molecule has 6 radical (unpaired) electrons. The number of ketones is 1. The first-order valence-corrected chi connectivity index (χ1v) is 4.29. The molecule has 12 heavy (non-hydrogen) atoms. The van der Waals surface area contributed by atoms with Crippen molar-refractivity contribution >= 4 is 26.3 Å². The summed E-state index contributed by atoms with van der Waals surface area (Å²) < 4.78 is 0. The van der Waals surface area contributed by atoms with Gasteiger partial charge in [-0.15, -0.1) is 0 Å². The number of carbonyl (C=O) groups is 1. The van der Waals surface area contributed by atoms with Crippen LogP contribution in [-0.2, 0) is 4.79 Å². The molecule has 0 atom stereocenters. The minimum atomic E-state index is -0.256. The van der Waals surface area contributed by atoms with E-state index < -0.39 is 0 Å². The molecule has 0 aromatic carbocycles. The number of Topliss-reactive ketones (excluding diaryl/α,β-unsaturated/α-hetero) is 1. The van der Waals surface area contributed by atoms with Crippen LogP contribution in [0.1, 0.15) is 0 Å². The third-order valence-corrected chi connectivity index (χ3v) is 2.80. The van der Waals surface area contributed by atoms with Crippen molar-refractivity contribution in [2.75, 3.05) is 13.2 Å². The largest absolute Gasteiger partial charge is 0.392 e. The Morgan fingerprint density at radius 3 is 1.58 bits per heavy atom. The van der Waals surface area contributed by atoms with E-state index >= 15 is 0 Å². The lowest BCUT2D eigenvalue weighted by atomic mass is 10.1. The highest BCUT2D eigenvalue weighted by atomic mass is 28.1. The quantitative estimate of drug-likeness (QED) is 0.521. The Balaban J connectivity index is 3.17. The SMILES string of the molecule is O=C1C([Si])=C(CO)C(CO)=C1[Si]. The minimum absolute atomic E-state index is 0.239. The molecule has 1 aliphatic rings. The Morgan fingerprint density at radius 2 is 1.33 bits per heavy atom. The molecule has 0 aromatic heterocycles. The predicted octanol–water partition coefficient (Wildman–Crippen LogP) is -1.60. The third kappa shape index (κ3) is 1.24. The van der Waals surface area contributed by atoms with Gasteiger partial charge in [0, 0.05) is 0 Å². The van der Waals surface area contributed by atoms with Gasteiger partial charge in [0.25, 0.3) is 0 Å². The van der Waals surface area contributed by atoms with Gasteiger partial charge in [-0.05, 0) is 21.5 Å². The smallest absolute Gasteiger partial charge is 0.176 e. The second-order valence-corrected chi connectivity index (χ2v) is 3.35. The molecular formula is C7H6O3Si2. The molecule has 0 saturated carbocycles. The van der Waals surface area contributed by atoms with Crippen LogP contribution >= 0.6 is 0 Å². The van der Waals surface area contributed by atoms with Crippen LogP contribution < -0.4 is 0 Å². The van der Waals surface area contributed by atoms with Gasteiger partial charge in [0.1, 0.15) is 0 Å². The number of allylic oxidation sites excluding steroid dienone is 2. The van der Waals surface area contributed by atoms with Crippen molar-refractivity contribution in [2.45, 2.75) is 0 Å². The van der Waals surface area contributed by atoms with E-state index in [4.69, 9.17) is 10.2 Å². The summed E-state index contributed by atoms with van der Waals surface area (Å²) in [5, 5.41) is 18.4. The standard InChI is InChI=1S/C7H6O3Si2/c8-1-3-4(2-9)7(12)5(10)6(3)11/h8-9H,1-2H2. The fourth-order valence-corrected chi connectivity index (χ4v) is 1.88. The maximum atomic E-state index is 11.2. The van der Waals surface area contributed by atoms with E-state index in [0.29, 0.717) is 21.5 Å². The zero-order valence-electron chi connectivity index (χ0n) is 6.22. The van der Waals surface area contributed by atoms with E-state index in [1.54, 1.807) is 0 Å². The Bertz CT molecular complexity index is 263. The number of rotatable bonds is 2. The highest BCUT2D eigenvalue weighted by Crippen LogP contribution is 2.25. The molecule has 0 aliphatic heterocycles. The van der Waals surface area contributed by atoms with Crippen LogP contribution in [0.4, 0.5) is 0 Å². The Labute approximate surface area is 76.6 Å². The van der Waals surface area contributed by atoms with Gasteiger partial charge in [-0.2, -0.15) is 0 Å². The number of hydrogen-bond donors (Lipinski definition) is 2. The second-order valence-electron chi connectivity index (χ2n) is 2.35. The predicted molar refractivity (Wildman–Crippen MR) is 44.7 cm³/mol. The molecule has 0 amide bonds. The zero-order chi connectivity index (χ0) is 9.30. The number of hydrogen-bond acceptors (Lipinski definition) is 3. The van der Waals surface area contributed by atoms with Crippen molar-refractivity contribution in [2.24, 2.45) is 0 Å². The van der Waals surface area contributed by atoms with E-state index in [2.05, 4.69) is 20.5 Å². The van der Waals surface area contributed by atoms with Gasteiger partial charge in [-0.1, -0.05) is 0 Å². The van der Waals surface area contributed by atoms with Gasteiger partial charge in [0.15, 0.2) is 5.78 Å². The molecule has 1 rings (SSSR count). The number of carbonyl (C=O) groups excluding carboxylic acids is 1. The highest BCUT2D eigenvalue weighted by Gasteiger charge is 2.24. The molecule has 0 saturated heterocycles. The fraction of sp³-hybridized carbons (Fsp3) is 0.286. The fourth-order valence-electron chi connectivity index (χ4n) is 1.05. The molecule has 60 valence electrons. The molecule has 0 spiro atoms. The normalized spacial score (nSPS) is 18.2. The summed E-state index contributed by atoms with van der Waals surface area (Å²) >= 11 is 0. The second kappa shape index (κ2) is 3.48. The average molecular weight is 194 g/mol. The summed E-state index contributed by atoms with van der Waals surface area (Å²) in [6, 6.07) is 0.